The summed E-state index contributed by atoms with van der Waals surface area (Å²) in [5, 5.41) is 6.11. The first-order chi connectivity index (χ1) is 9.69. The van der Waals surface area contributed by atoms with E-state index in [4.69, 9.17) is 0 Å². The van der Waals surface area contributed by atoms with Gasteiger partial charge in [0.1, 0.15) is 0 Å². The van der Waals surface area contributed by atoms with Gasteiger partial charge in [0.15, 0.2) is 0 Å². The van der Waals surface area contributed by atoms with Crippen molar-refractivity contribution in [2.75, 3.05) is 19.0 Å². The Morgan fingerprint density at radius 1 is 1.25 bits per heavy atom. The Bertz CT molecular complexity index is 455. The Balaban J connectivity index is 1.58. The highest BCUT2D eigenvalue weighted by molar-refractivity contribution is 5.90. The molecule has 0 atom stereocenters. The van der Waals surface area contributed by atoms with E-state index in [9.17, 15) is 9.59 Å². The standard InChI is InChI=1S/C15H20N2O3/c1-20-15(19)11-9-13(10-11)16-8-7-14(18)17-12-5-3-2-4-6-12/h2-6,11,13,16H,7-10H2,1H3,(H,17,18)/t11-,13+. The van der Waals surface area contributed by atoms with Crippen LogP contribution in [0.25, 0.3) is 0 Å². The number of esters is 1. The molecular formula is C15H20N2O3. The number of para-hydroxylation sites is 1. The Hall–Kier alpha value is -1.88. The summed E-state index contributed by atoms with van der Waals surface area (Å²) in [6, 6.07) is 9.72. The van der Waals surface area contributed by atoms with Crippen LogP contribution in [-0.4, -0.2) is 31.6 Å². The number of ether oxygens (including phenoxy) is 1. The molecule has 1 amide bonds. The van der Waals surface area contributed by atoms with E-state index in [0.29, 0.717) is 19.0 Å². The lowest BCUT2D eigenvalue weighted by Crippen LogP contribution is -2.45. The minimum atomic E-state index is -0.134. The van der Waals surface area contributed by atoms with Crippen LogP contribution in [0.1, 0.15) is 19.3 Å². The maximum absolute atomic E-state index is 11.7. The van der Waals surface area contributed by atoms with Crippen molar-refractivity contribution in [1.29, 1.82) is 0 Å². The average Bonchev–Trinajstić information content (AvgIpc) is 2.41. The number of carbonyl (C=O) groups excluding carboxylic acids is 2. The number of methoxy groups -OCH3 is 1. The van der Waals surface area contributed by atoms with E-state index in [1.165, 1.54) is 7.11 Å². The molecule has 0 spiro atoms. The van der Waals surface area contributed by atoms with Crippen molar-refractivity contribution in [3.8, 4) is 0 Å². The predicted octanol–water partition coefficient (Wildman–Crippen LogP) is 1.56. The van der Waals surface area contributed by atoms with Crippen molar-refractivity contribution in [2.45, 2.75) is 25.3 Å². The number of carbonyl (C=O) groups is 2. The van der Waals surface area contributed by atoms with Crippen LogP contribution in [-0.2, 0) is 14.3 Å². The summed E-state index contributed by atoms with van der Waals surface area (Å²) >= 11 is 0. The van der Waals surface area contributed by atoms with Gasteiger partial charge in [-0.2, -0.15) is 0 Å². The van der Waals surface area contributed by atoms with Crippen molar-refractivity contribution >= 4 is 17.6 Å². The molecule has 2 N–H and O–H groups in total. The first kappa shape index (κ1) is 14.5. The zero-order valence-corrected chi connectivity index (χ0v) is 11.6. The molecule has 0 radical (unpaired) electrons. The van der Waals surface area contributed by atoms with Gasteiger partial charge in [-0.1, -0.05) is 18.2 Å². The summed E-state index contributed by atoms with van der Waals surface area (Å²) in [6.07, 6.45) is 2.02. The molecule has 0 heterocycles. The van der Waals surface area contributed by atoms with Gasteiger partial charge in [-0.05, 0) is 25.0 Å². The minimum absolute atomic E-state index is 0.00691. The molecule has 0 bridgehead atoms. The smallest absolute Gasteiger partial charge is 0.308 e. The molecule has 1 aromatic carbocycles. The van der Waals surface area contributed by atoms with E-state index in [0.717, 1.165) is 18.5 Å². The monoisotopic (exact) mass is 276 g/mol. The summed E-state index contributed by atoms with van der Waals surface area (Å²) in [4.78, 5) is 22.9. The van der Waals surface area contributed by atoms with Crippen LogP contribution in [0.2, 0.25) is 0 Å². The fraction of sp³-hybridized carbons (Fsp3) is 0.467. The lowest BCUT2D eigenvalue weighted by Gasteiger charge is -2.33. The van der Waals surface area contributed by atoms with Gasteiger partial charge in [-0.25, -0.2) is 0 Å². The first-order valence-electron chi connectivity index (χ1n) is 6.85. The minimum Gasteiger partial charge on any atom is -0.469 e. The molecular weight excluding hydrogens is 256 g/mol. The number of benzene rings is 1. The number of anilines is 1. The summed E-state index contributed by atoms with van der Waals surface area (Å²) in [6.45, 7) is 0.622. The Morgan fingerprint density at radius 3 is 2.60 bits per heavy atom. The second-order valence-electron chi connectivity index (χ2n) is 5.01. The zero-order chi connectivity index (χ0) is 14.4. The Morgan fingerprint density at radius 2 is 1.95 bits per heavy atom. The summed E-state index contributed by atoms with van der Waals surface area (Å²) in [7, 11) is 1.41. The Kier molecular flexibility index (Phi) is 5.12. The molecule has 1 fully saturated rings. The highest BCUT2D eigenvalue weighted by Gasteiger charge is 2.34. The van der Waals surface area contributed by atoms with E-state index in [-0.39, 0.29) is 17.8 Å². The highest BCUT2D eigenvalue weighted by atomic mass is 16.5. The fourth-order valence-corrected chi connectivity index (χ4v) is 2.28. The molecule has 0 aliphatic heterocycles. The molecule has 0 aromatic heterocycles. The van der Waals surface area contributed by atoms with Crippen LogP contribution in [0, 0.1) is 5.92 Å². The molecule has 2 rings (SSSR count). The van der Waals surface area contributed by atoms with Crippen molar-refractivity contribution in [3.05, 3.63) is 30.3 Å². The molecule has 5 heteroatoms. The number of nitrogens with one attached hydrogen (secondary N) is 2. The second-order valence-corrected chi connectivity index (χ2v) is 5.01. The van der Waals surface area contributed by atoms with Gasteiger partial charge in [0.25, 0.3) is 0 Å². The van der Waals surface area contributed by atoms with Crippen LogP contribution in [0.5, 0.6) is 0 Å². The average molecular weight is 276 g/mol. The van der Waals surface area contributed by atoms with Crippen LogP contribution in [0.4, 0.5) is 5.69 Å². The topological polar surface area (TPSA) is 67.4 Å². The molecule has 1 aliphatic rings. The van der Waals surface area contributed by atoms with Crippen LogP contribution < -0.4 is 10.6 Å². The molecule has 20 heavy (non-hydrogen) atoms. The van der Waals surface area contributed by atoms with Crippen molar-refractivity contribution in [1.82, 2.24) is 5.32 Å². The summed E-state index contributed by atoms with van der Waals surface area (Å²) < 4.78 is 4.68. The predicted molar refractivity (Wildman–Crippen MR) is 76.2 cm³/mol. The summed E-state index contributed by atoms with van der Waals surface area (Å²) in [5.41, 5.74) is 0.812. The van der Waals surface area contributed by atoms with Gasteiger partial charge >= 0.3 is 5.97 Å². The SMILES string of the molecule is COC(=O)[C@H]1C[C@@H](NCCC(=O)Nc2ccccc2)C1. The maximum atomic E-state index is 11.7. The number of hydrogen-bond donors (Lipinski definition) is 2. The van der Waals surface area contributed by atoms with E-state index >= 15 is 0 Å². The van der Waals surface area contributed by atoms with E-state index in [1.807, 2.05) is 30.3 Å². The molecule has 5 nitrogen and oxygen atoms in total. The van der Waals surface area contributed by atoms with E-state index < -0.39 is 0 Å². The molecule has 1 aromatic rings. The normalized spacial score (nSPS) is 20.9. The third-order valence-electron chi connectivity index (χ3n) is 3.52. The second kappa shape index (κ2) is 7.05. The van der Waals surface area contributed by atoms with Crippen LogP contribution >= 0.6 is 0 Å². The molecule has 0 saturated heterocycles. The van der Waals surface area contributed by atoms with Crippen molar-refractivity contribution in [3.63, 3.8) is 0 Å². The largest absolute Gasteiger partial charge is 0.469 e. The van der Waals surface area contributed by atoms with Crippen molar-refractivity contribution < 1.29 is 14.3 Å². The number of rotatable bonds is 6. The lowest BCUT2D eigenvalue weighted by atomic mass is 9.80. The molecule has 1 saturated carbocycles. The number of hydrogen-bond acceptors (Lipinski definition) is 4. The van der Waals surface area contributed by atoms with Gasteiger partial charge in [-0.15, -0.1) is 0 Å². The maximum Gasteiger partial charge on any atom is 0.308 e. The quantitative estimate of drug-likeness (QED) is 0.774. The van der Waals surface area contributed by atoms with Crippen LogP contribution in [0.15, 0.2) is 30.3 Å². The third-order valence-corrected chi connectivity index (χ3v) is 3.52. The number of amides is 1. The zero-order valence-electron chi connectivity index (χ0n) is 11.6. The van der Waals surface area contributed by atoms with E-state index in [1.54, 1.807) is 0 Å². The lowest BCUT2D eigenvalue weighted by molar-refractivity contribution is -0.149. The third kappa shape index (κ3) is 4.06. The molecule has 0 unspecified atom stereocenters. The summed E-state index contributed by atoms with van der Waals surface area (Å²) in [5.74, 6) is -0.118. The molecule has 1 aliphatic carbocycles. The fourth-order valence-electron chi connectivity index (χ4n) is 2.28. The van der Waals surface area contributed by atoms with E-state index in [2.05, 4.69) is 15.4 Å². The highest BCUT2D eigenvalue weighted by Crippen LogP contribution is 2.28. The van der Waals surface area contributed by atoms with Crippen molar-refractivity contribution in [2.24, 2.45) is 5.92 Å². The first-order valence-corrected chi connectivity index (χ1v) is 6.85. The van der Waals surface area contributed by atoms with Gasteiger partial charge in [0, 0.05) is 24.7 Å². The molecule has 108 valence electrons. The Labute approximate surface area is 118 Å². The van der Waals surface area contributed by atoms with Crippen LogP contribution in [0.3, 0.4) is 0 Å². The van der Waals surface area contributed by atoms with Gasteiger partial charge in [0.2, 0.25) is 5.91 Å². The van der Waals surface area contributed by atoms with Gasteiger partial charge < -0.3 is 15.4 Å². The van der Waals surface area contributed by atoms with Gasteiger partial charge in [0.05, 0.1) is 13.0 Å². The van der Waals surface area contributed by atoms with Gasteiger partial charge in [-0.3, -0.25) is 9.59 Å².